The highest BCUT2D eigenvalue weighted by molar-refractivity contribution is 6.30. The van der Waals surface area contributed by atoms with E-state index in [0.29, 0.717) is 6.54 Å². The summed E-state index contributed by atoms with van der Waals surface area (Å²) in [6, 6.07) is 14.5. The molecule has 0 heterocycles. The fraction of sp³-hybridized carbons (Fsp3) is 0.400. The number of halogens is 4. The van der Waals surface area contributed by atoms with Gasteiger partial charge in [0.05, 0.1) is 5.92 Å². The summed E-state index contributed by atoms with van der Waals surface area (Å²) in [6.07, 6.45) is -0.623. The minimum absolute atomic E-state index is 0.232. The Balaban J connectivity index is 1.51. The third-order valence-corrected chi connectivity index (χ3v) is 7.04. The van der Waals surface area contributed by atoms with Crippen LogP contribution in [0.25, 0.3) is 11.1 Å². The second kappa shape index (κ2) is 8.01. The van der Waals surface area contributed by atoms with Crippen molar-refractivity contribution in [1.82, 2.24) is 5.32 Å². The fourth-order valence-electron chi connectivity index (χ4n) is 4.84. The zero-order chi connectivity index (χ0) is 22.4. The number of hydrogen-bond acceptors (Lipinski definition) is 1. The van der Waals surface area contributed by atoms with Gasteiger partial charge in [0.15, 0.2) is 0 Å². The number of nitrogens with one attached hydrogen (secondary N) is 1. The highest BCUT2D eigenvalue weighted by Gasteiger charge is 2.61. The summed E-state index contributed by atoms with van der Waals surface area (Å²) in [5.41, 5.74) is 5.50. The van der Waals surface area contributed by atoms with E-state index < -0.39 is 28.5 Å². The molecule has 4 rings (SSSR count). The van der Waals surface area contributed by atoms with E-state index in [9.17, 15) is 18.0 Å². The van der Waals surface area contributed by atoms with Gasteiger partial charge in [-0.15, -0.1) is 0 Å². The van der Waals surface area contributed by atoms with E-state index >= 15 is 0 Å². The van der Waals surface area contributed by atoms with Crippen molar-refractivity contribution in [2.45, 2.75) is 45.8 Å². The smallest absolute Gasteiger partial charge is 0.352 e. The third-order valence-electron chi connectivity index (χ3n) is 6.70. The van der Waals surface area contributed by atoms with E-state index in [1.54, 1.807) is 13.8 Å². The van der Waals surface area contributed by atoms with Gasteiger partial charge in [-0.3, -0.25) is 4.79 Å². The molecule has 0 aliphatic heterocycles. The van der Waals surface area contributed by atoms with E-state index in [-0.39, 0.29) is 5.91 Å². The predicted molar refractivity (Wildman–Crippen MR) is 117 cm³/mol. The third kappa shape index (κ3) is 4.25. The van der Waals surface area contributed by atoms with Crippen molar-refractivity contribution in [2.24, 2.45) is 17.3 Å². The molecule has 1 N–H and O–H groups in total. The van der Waals surface area contributed by atoms with E-state index in [2.05, 4.69) is 29.6 Å². The molecule has 1 fully saturated rings. The summed E-state index contributed by atoms with van der Waals surface area (Å²) < 4.78 is 38.4. The molecule has 164 valence electrons. The average Bonchev–Trinajstić information content (AvgIpc) is 3.32. The molecule has 2 aromatic carbocycles. The van der Waals surface area contributed by atoms with Gasteiger partial charge in [0.2, 0.25) is 5.91 Å². The Morgan fingerprint density at radius 3 is 2.58 bits per heavy atom. The monoisotopic (exact) mass is 447 g/mol. The minimum Gasteiger partial charge on any atom is -0.352 e. The van der Waals surface area contributed by atoms with Crippen LogP contribution >= 0.6 is 11.6 Å². The van der Waals surface area contributed by atoms with E-state index in [0.717, 1.165) is 30.9 Å². The van der Waals surface area contributed by atoms with Crippen LogP contribution in [0.4, 0.5) is 13.2 Å². The van der Waals surface area contributed by atoms with Gasteiger partial charge in [-0.1, -0.05) is 74.0 Å². The quantitative estimate of drug-likeness (QED) is 0.576. The number of carbonyl (C=O) groups is 1. The van der Waals surface area contributed by atoms with Crippen LogP contribution in [-0.2, 0) is 24.2 Å². The number of rotatable bonds is 4. The first-order valence-electron chi connectivity index (χ1n) is 10.5. The number of hydrogen-bond donors (Lipinski definition) is 1. The van der Waals surface area contributed by atoms with Crippen molar-refractivity contribution in [3.63, 3.8) is 0 Å². The molecule has 0 saturated heterocycles. The number of carbonyl (C=O) groups excluding carboxylic acids is 1. The Morgan fingerprint density at radius 2 is 1.84 bits per heavy atom. The first kappa shape index (κ1) is 21.9. The minimum atomic E-state index is -4.58. The van der Waals surface area contributed by atoms with Crippen molar-refractivity contribution in [2.75, 3.05) is 0 Å². The van der Waals surface area contributed by atoms with Gasteiger partial charge < -0.3 is 5.32 Å². The van der Waals surface area contributed by atoms with E-state index in [1.165, 1.54) is 22.3 Å². The molecule has 0 bridgehead atoms. The average molecular weight is 448 g/mol. The van der Waals surface area contributed by atoms with Crippen molar-refractivity contribution >= 4 is 17.5 Å². The van der Waals surface area contributed by atoms with Crippen LogP contribution in [-0.4, -0.2) is 12.1 Å². The Morgan fingerprint density at radius 1 is 1.13 bits per heavy atom. The molecule has 2 nitrogen and oxygen atoms in total. The van der Waals surface area contributed by atoms with Crippen LogP contribution in [0.5, 0.6) is 0 Å². The van der Waals surface area contributed by atoms with Crippen LogP contribution in [0.2, 0.25) is 0 Å². The van der Waals surface area contributed by atoms with Crippen molar-refractivity contribution in [1.29, 1.82) is 0 Å². The SMILES string of the molecule is CC1(C)C(C=C(Cl)C(F)(F)F)C1C(=O)NCc1cccc2c1CCCc1ccccc1-2. The highest BCUT2D eigenvalue weighted by Crippen LogP contribution is 2.60. The number of allylic oxidation sites excluding steroid dienone is 2. The summed E-state index contributed by atoms with van der Waals surface area (Å²) in [7, 11) is 0. The molecule has 1 amide bonds. The summed E-state index contributed by atoms with van der Waals surface area (Å²) in [5, 5.41) is 1.80. The largest absolute Gasteiger partial charge is 0.426 e. The van der Waals surface area contributed by atoms with Gasteiger partial charge >= 0.3 is 6.18 Å². The molecule has 2 atom stereocenters. The summed E-state index contributed by atoms with van der Waals surface area (Å²) in [5.74, 6) is -1.28. The van der Waals surface area contributed by atoms with Crippen LogP contribution in [0.15, 0.2) is 53.6 Å². The van der Waals surface area contributed by atoms with E-state index in [4.69, 9.17) is 11.6 Å². The molecule has 2 unspecified atom stereocenters. The molecule has 1 saturated carbocycles. The Labute approximate surface area is 185 Å². The van der Waals surface area contributed by atoms with Crippen molar-refractivity contribution in [3.05, 3.63) is 70.3 Å². The maximum atomic E-state index is 12.8. The number of fused-ring (bicyclic) bond motifs is 3. The number of aryl methyl sites for hydroxylation is 1. The highest BCUT2D eigenvalue weighted by atomic mass is 35.5. The Kier molecular flexibility index (Phi) is 5.67. The number of benzene rings is 2. The number of alkyl halides is 3. The Hall–Kier alpha value is -2.27. The number of amides is 1. The van der Waals surface area contributed by atoms with Crippen molar-refractivity contribution in [3.8, 4) is 11.1 Å². The molecule has 2 aliphatic rings. The molecule has 0 radical (unpaired) electrons. The van der Waals surface area contributed by atoms with Gasteiger partial charge in [0.25, 0.3) is 0 Å². The van der Waals surface area contributed by atoms with Crippen LogP contribution in [0.3, 0.4) is 0 Å². The lowest BCUT2D eigenvalue weighted by molar-refractivity contribution is -0.123. The summed E-state index contributed by atoms with van der Waals surface area (Å²) >= 11 is 5.40. The lowest BCUT2D eigenvalue weighted by atomic mass is 9.93. The van der Waals surface area contributed by atoms with Gasteiger partial charge in [0.1, 0.15) is 5.03 Å². The first-order valence-corrected chi connectivity index (χ1v) is 10.9. The molecule has 31 heavy (non-hydrogen) atoms. The normalized spacial score (nSPS) is 22.2. The topological polar surface area (TPSA) is 29.1 Å². The van der Waals surface area contributed by atoms with Crippen LogP contribution in [0, 0.1) is 17.3 Å². The summed E-state index contributed by atoms with van der Waals surface area (Å²) in [6.45, 7) is 3.95. The lowest BCUT2D eigenvalue weighted by Gasteiger charge is -2.15. The van der Waals surface area contributed by atoms with Gasteiger partial charge in [0, 0.05) is 6.54 Å². The molecule has 2 aliphatic carbocycles. The van der Waals surface area contributed by atoms with Gasteiger partial charge in [-0.25, -0.2) is 0 Å². The molecular formula is C25H25ClF3NO. The zero-order valence-corrected chi connectivity index (χ0v) is 18.3. The molecule has 6 heteroatoms. The Bertz CT molecular complexity index is 1040. The molecule has 0 spiro atoms. The maximum Gasteiger partial charge on any atom is 0.426 e. The fourth-order valence-corrected chi connectivity index (χ4v) is 4.97. The van der Waals surface area contributed by atoms with Crippen LogP contribution in [0.1, 0.15) is 37.0 Å². The van der Waals surface area contributed by atoms with Crippen molar-refractivity contribution < 1.29 is 18.0 Å². The molecule has 0 aromatic heterocycles. The maximum absolute atomic E-state index is 12.8. The molecular weight excluding hydrogens is 423 g/mol. The van der Waals surface area contributed by atoms with E-state index in [1.807, 2.05) is 18.2 Å². The second-order valence-electron chi connectivity index (χ2n) is 9.01. The summed E-state index contributed by atoms with van der Waals surface area (Å²) in [4.78, 5) is 12.8. The first-order chi connectivity index (χ1) is 14.6. The van der Waals surface area contributed by atoms with Gasteiger partial charge in [-0.2, -0.15) is 13.2 Å². The lowest BCUT2D eigenvalue weighted by Crippen LogP contribution is -2.27. The van der Waals surface area contributed by atoms with Crippen LogP contribution < -0.4 is 5.32 Å². The zero-order valence-electron chi connectivity index (χ0n) is 17.5. The standard InChI is InChI=1S/C25H25ClF3NO/c1-24(2)20(13-21(26)25(27,28)29)22(24)23(31)30-14-16-9-6-12-19-17-10-4-3-7-15(17)8-5-11-18(16)19/h3-4,6-7,9-10,12-13,20,22H,5,8,11,14H2,1-2H3,(H,30,31). The predicted octanol–water partition coefficient (Wildman–Crippen LogP) is 6.42. The second-order valence-corrected chi connectivity index (χ2v) is 9.42. The molecule has 2 aromatic rings. The van der Waals surface area contributed by atoms with Gasteiger partial charge in [-0.05, 0) is 58.4 Å².